The minimum absolute atomic E-state index is 0.0436. The fourth-order valence-corrected chi connectivity index (χ4v) is 3.12. The van der Waals surface area contributed by atoms with Gasteiger partial charge in [-0.1, -0.05) is 0 Å². The summed E-state index contributed by atoms with van der Waals surface area (Å²) in [4.78, 5) is 14.9. The van der Waals surface area contributed by atoms with Gasteiger partial charge < -0.3 is 24.4 Å². The number of benzene rings is 1. The fourth-order valence-electron chi connectivity index (χ4n) is 3.12. The lowest BCUT2D eigenvalue weighted by molar-refractivity contribution is -0.908. The first kappa shape index (κ1) is 17.7. The summed E-state index contributed by atoms with van der Waals surface area (Å²) in [7, 11) is 0. The summed E-state index contributed by atoms with van der Waals surface area (Å²) in [6.45, 7) is 5.68. The van der Waals surface area contributed by atoms with Gasteiger partial charge in [0, 0.05) is 18.5 Å². The summed E-state index contributed by atoms with van der Waals surface area (Å²) < 4.78 is 16.0. The standard InChI is InChI=1S/C17H22N6O4/c24-16(18-4-1-5-22-6-8-25-9-7-22)11-23-20-17(19-21-23)13-2-3-14-15(10-13)27-12-26-14/h2-3,10H,1,4-9,11-12H2,(H,18,24)/p+1. The lowest BCUT2D eigenvalue weighted by atomic mass is 10.2. The Morgan fingerprint density at radius 3 is 2.96 bits per heavy atom. The minimum Gasteiger partial charge on any atom is -0.454 e. The second-order valence-corrected chi connectivity index (χ2v) is 6.53. The molecule has 2 aliphatic heterocycles. The van der Waals surface area contributed by atoms with Gasteiger partial charge in [0.2, 0.25) is 18.5 Å². The number of carbonyl (C=O) groups excluding carboxylic acids is 1. The van der Waals surface area contributed by atoms with Crippen LogP contribution in [-0.4, -0.2) is 72.3 Å². The second kappa shape index (κ2) is 8.31. The van der Waals surface area contributed by atoms with Gasteiger partial charge >= 0.3 is 0 Å². The Balaban J connectivity index is 1.23. The van der Waals surface area contributed by atoms with Crippen LogP contribution in [0.1, 0.15) is 6.42 Å². The Bertz CT molecular complexity index is 789. The predicted molar refractivity (Wildman–Crippen MR) is 93.4 cm³/mol. The zero-order valence-electron chi connectivity index (χ0n) is 15.0. The van der Waals surface area contributed by atoms with E-state index in [9.17, 15) is 4.79 Å². The molecule has 4 rings (SSSR count). The predicted octanol–water partition coefficient (Wildman–Crippen LogP) is -1.51. The average Bonchev–Trinajstić information content (AvgIpc) is 3.34. The number of rotatable bonds is 7. The molecule has 3 heterocycles. The molecular weight excluding hydrogens is 352 g/mol. The van der Waals surface area contributed by atoms with Crippen LogP contribution in [0.2, 0.25) is 0 Å². The first-order valence-corrected chi connectivity index (χ1v) is 9.14. The summed E-state index contributed by atoms with van der Waals surface area (Å²) in [6, 6.07) is 5.45. The van der Waals surface area contributed by atoms with Gasteiger partial charge in [0.05, 0.1) is 19.8 Å². The molecule has 10 nitrogen and oxygen atoms in total. The third kappa shape index (κ3) is 4.52. The molecule has 2 aromatic rings. The van der Waals surface area contributed by atoms with Crippen LogP contribution in [-0.2, 0) is 16.1 Å². The number of quaternary nitrogens is 1. The molecule has 1 saturated heterocycles. The van der Waals surface area contributed by atoms with Gasteiger partial charge in [0.15, 0.2) is 11.5 Å². The highest BCUT2D eigenvalue weighted by atomic mass is 16.7. The number of morpholine rings is 1. The highest BCUT2D eigenvalue weighted by molar-refractivity contribution is 5.75. The summed E-state index contributed by atoms with van der Waals surface area (Å²) in [5, 5.41) is 15.1. The van der Waals surface area contributed by atoms with Gasteiger partial charge in [-0.25, -0.2) is 0 Å². The highest BCUT2D eigenvalue weighted by Gasteiger charge is 2.17. The lowest BCUT2D eigenvalue weighted by Crippen LogP contribution is -3.14. The van der Waals surface area contributed by atoms with E-state index in [0.29, 0.717) is 23.9 Å². The minimum atomic E-state index is -0.124. The SMILES string of the molecule is O=C(Cn1nnc(-c2ccc3c(c2)OCO3)n1)NCCC[NH+]1CCOCC1. The molecule has 2 aliphatic rings. The van der Waals surface area contributed by atoms with Crippen molar-refractivity contribution in [1.82, 2.24) is 25.5 Å². The monoisotopic (exact) mass is 375 g/mol. The number of hydrogen-bond donors (Lipinski definition) is 2. The Labute approximate surface area is 156 Å². The molecule has 1 aromatic carbocycles. The molecule has 1 fully saturated rings. The number of nitrogens with one attached hydrogen (secondary N) is 2. The zero-order chi connectivity index (χ0) is 18.5. The van der Waals surface area contributed by atoms with Crippen molar-refractivity contribution in [2.45, 2.75) is 13.0 Å². The molecule has 0 bridgehead atoms. The molecule has 10 heteroatoms. The average molecular weight is 375 g/mol. The van der Waals surface area contributed by atoms with Gasteiger partial charge in [-0.3, -0.25) is 4.79 Å². The molecule has 0 atom stereocenters. The quantitative estimate of drug-likeness (QED) is 0.567. The van der Waals surface area contributed by atoms with Crippen LogP contribution in [0.25, 0.3) is 11.4 Å². The number of ether oxygens (including phenoxy) is 3. The van der Waals surface area contributed by atoms with Gasteiger partial charge in [-0.05, 0) is 23.4 Å². The Morgan fingerprint density at radius 2 is 2.07 bits per heavy atom. The van der Waals surface area contributed by atoms with E-state index >= 15 is 0 Å². The number of hydrogen-bond acceptors (Lipinski definition) is 7. The molecular formula is C17H23N6O4+. The molecule has 0 unspecified atom stereocenters. The third-order valence-electron chi connectivity index (χ3n) is 4.60. The molecule has 0 spiro atoms. The number of tetrazole rings is 1. The summed E-state index contributed by atoms with van der Waals surface area (Å²) in [6.07, 6.45) is 0.939. The first-order valence-electron chi connectivity index (χ1n) is 9.14. The van der Waals surface area contributed by atoms with E-state index in [1.807, 2.05) is 12.1 Å². The third-order valence-corrected chi connectivity index (χ3v) is 4.60. The van der Waals surface area contributed by atoms with Crippen LogP contribution >= 0.6 is 0 Å². The molecule has 144 valence electrons. The van der Waals surface area contributed by atoms with Crippen LogP contribution in [0, 0.1) is 0 Å². The first-order chi connectivity index (χ1) is 13.3. The van der Waals surface area contributed by atoms with Gasteiger partial charge in [-0.15, -0.1) is 10.2 Å². The fraction of sp³-hybridized carbons (Fsp3) is 0.529. The van der Waals surface area contributed by atoms with Crippen molar-refractivity contribution in [3.8, 4) is 22.9 Å². The molecule has 0 aliphatic carbocycles. The van der Waals surface area contributed by atoms with Gasteiger partial charge in [0.25, 0.3) is 0 Å². The molecule has 2 N–H and O–H groups in total. The van der Waals surface area contributed by atoms with Crippen molar-refractivity contribution in [3.63, 3.8) is 0 Å². The molecule has 0 radical (unpaired) electrons. The Kier molecular flexibility index (Phi) is 5.45. The van der Waals surface area contributed by atoms with Crippen molar-refractivity contribution in [2.75, 3.05) is 46.2 Å². The van der Waals surface area contributed by atoms with E-state index in [1.165, 1.54) is 9.70 Å². The summed E-state index contributed by atoms with van der Waals surface area (Å²) in [5.41, 5.74) is 0.763. The van der Waals surface area contributed by atoms with Crippen molar-refractivity contribution in [2.24, 2.45) is 0 Å². The van der Waals surface area contributed by atoms with Crippen molar-refractivity contribution in [3.05, 3.63) is 18.2 Å². The van der Waals surface area contributed by atoms with Crippen molar-refractivity contribution < 1.29 is 23.9 Å². The molecule has 1 aromatic heterocycles. The number of fused-ring (bicyclic) bond motifs is 1. The van der Waals surface area contributed by atoms with Crippen LogP contribution in [0.3, 0.4) is 0 Å². The van der Waals surface area contributed by atoms with E-state index in [2.05, 4.69) is 20.7 Å². The largest absolute Gasteiger partial charge is 0.454 e. The topological polar surface area (TPSA) is 105 Å². The maximum Gasteiger partial charge on any atom is 0.243 e. The number of nitrogens with zero attached hydrogens (tertiary/aromatic N) is 4. The van der Waals surface area contributed by atoms with Gasteiger partial charge in [-0.2, -0.15) is 4.80 Å². The van der Waals surface area contributed by atoms with Crippen molar-refractivity contribution >= 4 is 5.91 Å². The number of carbonyl (C=O) groups is 1. The van der Waals surface area contributed by atoms with Gasteiger partial charge in [0.1, 0.15) is 19.6 Å². The van der Waals surface area contributed by atoms with Crippen LogP contribution < -0.4 is 19.7 Å². The Hall–Kier alpha value is -2.72. The van der Waals surface area contributed by atoms with E-state index in [1.54, 1.807) is 6.07 Å². The van der Waals surface area contributed by atoms with Crippen LogP contribution in [0.15, 0.2) is 18.2 Å². The lowest BCUT2D eigenvalue weighted by Gasteiger charge is -2.23. The van der Waals surface area contributed by atoms with E-state index in [4.69, 9.17) is 14.2 Å². The summed E-state index contributed by atoms with van der Waals surface area (Å²) >= 11 is 0. The maximum absolute atomic E-state index is 12.1. The van der Waals surface area contributed by atoms with Crippen LogP contribution in [0.4, 0.5) is 0 Å². The normalized spacial score (nSPS) is 16.4. The number of amides is 1. The number of aromatic nitrogens is 4. The van der Waals surface area contributed by atoms with Crippen LogP contribution in [0.5, 0.6) is 11.5 Å². The smallest absolute Gasteiger partial charge is 0.243 e. The van der Waals surface area contributed by atoms with E-state index in [0.717, 1.165) is 44.8 Å². The molecule has 27 heavy (non-hydrogen) atoms. The summed E-state index contributed by atoms with van der Waals surface area (Å²) in [5.74, 6) is 1.67. The highest BCUT2D eigenvalue weighted by Crippen LogP contribution is 2.34. The van der Waals surface area contributed by atoms with E-state index in [-0.39, 0.29) is 19.2 Å². The van der Waals surface area contributed by atoms with Crippen molar-refractivity contribution in [1.29, 1.82) is 0 Å². The van der Waals surface area contributed by atoms with E-state index < -0.39 is 0 Å². The molecule has 1 amide bonds. The second-order valence-electron chi connectivity index (χ2n) is 6.53. The maximum atomic E-state index is 12.1. The molecule has 0 saturated carbocycles. The Morgan fingerprint density at radius 1 is 1.22 bits per heavy atom. The zero-order valence-corrected chi connectivity index (χ0v) is 15.0.